The Bertz CT molecular complexity index is 961. The Kier molecular flexibility index (Phi) is 6.98. The summed E-state index contributed by atoms with van der Waals surface area (Å²) in [5.41, 5.74) is -1.35. The number of methoxy groups -OCH3 is 1. The number of nitrogens with one attached hydrogen (secondary N) is 1. The molecule has 2 rings (SSSR count). The number of carbonyl (C=O) groups excluding carboxylic acids is 2. The summed E-state index contributed by atoms with van der Waals surface area (Å²) >= 11 is 0. The summed E-state index contributed by atoms with van der Waals surface area (Å²) in [6, 6.07) is 12.5. The molecule has 0 unspecified atom stereocenters. The van der Waals surface area contributed by atoms with E-state index in [0.29, 0.717) is 11.3 Å². The summed E-state index contributed by atoms with van der Waals surface area (Å²) in [5, 5.41) is 11.2. The molecule has 0 fully saturated rings. The maximum absolute atomic E-state index is 12.9. The molecule has 0 spiro atoms. The second-order valence-corrected chi connectivity index (χ2v) is 5.61. The monoisotopic (exact) mass is 404 g/mol. The van der Waals surface area contributed by atoms with Crippen LogP contribution >= 0.6 is 0 Å². The van der Waals surface area contributed by atoms with Gasteiger partial charge in [-0.1, -0.05) is 24.3 Å². The number of rotatable bonds is 6. The van der Waals surface area contributed by atoms with Crippen molar-refractivity contribution in [2.24, 2.45) is 0 Å². The molecule has 0 aliphatic rings. The molecule has 0 bridgehead atoms. The van der Waals surface area contributed by atoms with Crippen LogP contribution in [0.15, 0.2) is 54.1 Å². The third kappa shape index (κ3) is 6.10. The van der Waals surface area contributed by atoms with Gasteiger partial charge < -0.3 is 14.8 Å². The van der Waals surface area contributed by atoms with E-state index in [1.54, 1.807) is 30.3 Å². The van der Waals surface area contributed by atoms with Gasteiger partial charge in [0.15, 0.2) is 6.61 Å². The van der Waals surface area contributed by atoms with Crippen molar-refractivity contribution in [2.75, 3.05) is 19.0 Å². The molecule has 2 aromatic rings. The van der Waals surface area contributed by atoms with E-state index in [1.807, 2.05) is 5.32 Å². The van der Waals surface area contributed by atoms with Gasteiger partial charge in [-0.2, -0.15) is 18.4 Å². The normalized spacial score (nSPS) is 11.3. The van der Waals surface area contributed by atoms with Crippen LogP contribution in [0.5, 0.6) is 5.75 Å². The Morgan fingerprint density at radius 3 is 2.38 bits per heavy atom. The highest BCUT2D eigenvalue weighted by Gasteiger charge is 2.33. The molecule has 0 saturated carbocycles. The van der Waals surface area contributed by atoms with Gasteiger partial charge in [-0.05, 0) is 35.9 Å². The van der Waals surface area contributed by atoms with Gasteiger partial charge in [0.05, 0.1) is 18.4 Å². The van der Waals surface area contributed by atoms with Gasteiger partial charge in [0, 0.05) is 0 Å². The first-order valence-electron chi connectivity index (χ1n) is 8.13. The topological polar surface area (TPSA) is 88.4 Å². The second kappa shape index (κ2) is 9.41. The SMILES string of the molecule is COc1ccc(/C=C(\C#N)C(=O)OCC(=O)Nc2ccccc2C(F)(F)F)cc1. The Hall–Kier alpha value is -3.80. The second-order valence-electron chi connectivity index (χ2n) is 5.61. The minimum Gasteiger partial charge on any atom is -0.497 e. The van der Waals surface area contributed by atoms with Gasteiger partial charge >= 0.3 is 12.1 Å². The number of ether oxygens (including phenoxy) is 2. The van der Waals surface area contributed by atoms with Gasteiger partial charge in [-0.3, -0.25) is 4.79 Å². The number of carbonyl (C=O) groups is 2. The average molecular weight is 404 g/mol. The summed E-state index contributed by atoms with van der Waals surface area (Å²) < 4.78 is 48.5. The lowest BCUT2D eigenvalue weighted by Crippen LogP contribution is -2.23. The van der Waals surface area contributed by atoms with Crippen LogP contribution in [0.4, 0.5) is 18.9 Å². The quantitative estimate of drug-likeness (QED) is 0.449. The Balaban J connectivity index is 2.01. The van der Waals surface area contributed by atoms with Gasteiger partial charge in [0.2, 0.25) is 0 Å². The van der Waals surface area contributed by atoms with E-state index in [9.17, 15) is 22.8 Å². The highest BCUT2D eigenvalue weighted by atomic mass is 19.4. The number of hydrogen-bond donors (Lipinski definition) is 1. The number of amides is 1. The molecule has 0 atom stereocenters. The fraction of sp³-hybridized carbons (Fsp3) is 0.150. The van der Waals surface area contributed by atoms with E-state index >= 15 is 0 Å². The summed E-state index contributed by atoms with van der Waals surface area (Å²) in [6.07, 6.45) is -3.41. The van der Waals surface area contributed by atoms with Crippen molar-refractivity contribution in [1.82, 2.24) is 0 Å². The smallest absolute Gasteiger partial charge is 0.418 e. The van der Waals surface area contributed by atoms with Crippen LogP contribution < -0.4 is 10.1 Å². The predicted octanol–water partition coefficient (Wildman–Crippen LogP) is 3.80. The minimum atomic E-state index is -4.66. The van der Waals surface area contributed by atoms with Crippen LogP contribution in [0.1, 0.15) is 11.1 Å². The largest absolute Gasteiger partial charge is 0.497 e. The fourth-order valence-electron chi connectivity index (χ4n) is 2.24. The number of anilines is 1. The van der Waals surface area contributed by atoms with E-state index in [0.717, 1.165) is 12.1 Å². The van der Waals surface area contributed by atoms with Crippen molar-refractivity contribution >= 4 is 23.6 Å². The molecule has 9 heteroatoms. The van der Waals surface area contributed by atoms with Crippen LogP contribution in [-0.2, 0) is 20.5 Å². The molecule has 0 radical (unpaired) electrons. The summed E-state index contributed by atoms with van der Waals surface area (Å²) in [5.74, 6) is -1.47. The summed E-state index contributed by atoms with van der Waals surface area (Å²) in [6.45, 7) is -0.855. The molecule has 29 heavy (non-hydrogen) atoms. The van der Waals surface area contributed by atoms with Gasteiger partial charge in [0.1, 0.15) is 17.4 Å². The number of nitrogens with zero attached hydrogens (tertiary/aromatic N) is 1. The number of benzene rings is 2. The van der Waals surface area contributed by atoms with Crippen molar-refractivity contribution in [3.63, 3.8) is 0 Å². The van der Waals surface area contributed by atoms with Crippen LogP contribution in [0, 0.1) is 11.3 Å². The molecule has 2 aromatic carbocycles. The molecular formula is C20H15F3N2O4. The molecule has 0 aromatic heterocycles. The number of esters is 1. The zero-order valence-electron chi connectivity index (χ0n) is 15.1. The predicted molar refractivity (Wildman–Crippen MR) is 97.6 cm³/mol. The van der Waals surface area contributed by atoms with Crippen molar-refractivity contribution in [2.45, 2.75) is 6.18 Å². The maximum atomic E-state index is 12.9. The maximum Gasteiger partial charge on any atom is 0.418 e. The van der Waals surface area contributed by atoms with Crippen LogP contribution in [-0.4, -0.2) is 25.6 Å². The average Bonchev–Trinajstić information content (AvgIpc) is 2.70. The highest BCUT2D eigenvalue weighted by molar-refractivity contribution is 6.00. The van der Waals surface area contributed by atoms with E-state index < -0.39 is 35.9 Å². The fourth-order valence-corrected chi connectivity index (χ4v) is 2.24. The lowest BCUT2D eigenvalue weighted by molar-refractivity contribution is -0.143. The minimum absolute atomic E-state index is 0.376. The van der Waals surface area contributed by atoms with Crippen LogP contribution in [0.25, 0.3) is 6.08 Å². The lowest BCUT2D eigenvalue weighted by atomic mass is 10.1. The van der Waals surface area contributed by atoms with E-state index in [-0.39, 0.29) is 5.57 Å². The Morgan fingerprint density at radius 2 is 1.79 bits per heavy atom. The number of para-hydroxylation sites is 1. The van der Waals surface area contributed by atoms with E-state index in [2.05, 4.69) is 0 Å². The van der Waals surface area contributed by atoms with Gasteiger partial charge in [-0.15, -0.1) is 0 Å². The standard InChI is InChI=1S/C20H15F3N2O4/c1-28-15-8-6-13(7-9-15)10-14(11-24)19(27)29-12-18(26)25-17-5-3-2-4-16(17)20(21,22)23/h2-10H,12H2,1H3,(H,25,26)/b14-10+. The van der Waals surface area contributed by atoms with Crippen molar-refractivity contribution in [3.05, 3.63) is 65.2 Å². The molecule has 6 nitrogen and oxygen atoms in total. The number of nitriles is 1. The summed E-state index contributed by atoms with van der Waals surface area (Å²) in [4.78, 5) is 23.9. The molecule has 0 saturated heterocycles. The van der Waals surface area contributed by atoms with Gasteiger partial charge in [-0.25, -0.2) is 4.79 Å². The molecule has 0 aliphatic carbocycles. The highest BCUT2D eigenvalue weighted by Crippen LogP contribution is 2.34. The van der Waals surface area contributed by atoms with E-state index in [4.69, 9.17) is 14.7 Å². The van der Waals surface area contributed by atoms with Crippen LogP contribution in [0.3, 0.4) is 0 Å². The molecule has 150 valence electrons. The molecule has 1 amide bonds. The Labute approximate surface area is 164 Å². The molecule has 0 aliphatic heterocycles. The zero-order chi connectivity index (χ0) is 21.4. The third-order valence-electron chi connectivity index (χ3n) is 3.61. The Morgan fingerprint density at radius 1 is 1.14 bits per heavy atom. The molecule has 0 heterocycles. The number of alkyl halides is 3. The zero-order valence-corrected chi connectivity index (χ0v) is 15.1. The molecular weight excluding hydrogens is 389 g/mol. The lowest BCUT2D eigenvalue weighted by Gasteiger charge is -2.13. The van der Waals surface area contributed by atoms with Crippen LogP contribution in [0.2, 0.25) is 0 Å². The van der Waals surface area contributed by atoms with Crippen molar-refractivity contribution in [1.29, 1.82) is 5.26 Å². The third-order valence-corrected chi connectivity index (χ3v) is 3.61. The molecule has 1 N–H and O–H groups in total. The summed E-state index contributed by atoms with van der Waals surface area (Å²) in [7, 11) is 1.49. The number of halogens is 3. The van der Waals surface area contributed by atoms with Gasteiger partial charge in [0.25, 0.3) is 5.91 Å². The first kappa shape index (κ1) is 21.5. The van der Waals surface area contributed by atoms with Crippen molar-refractivity contribution < 1.29 is 32.2 Å². The van der Waals surface area contributed by atoms with E-state index in [1.165, 1.54) is 25.3 Å². The first-order valence-corrected chi connectivity index (χ1v) is 8.13. The first-order chi connectivity index (χ1) is 13.7. The number of hydrogen-bond acceptors (Lipinski definition) is 5. The van der Waals surface area contributed by atoms with Crippen molar-refractivity contribution in [3.8, 4) is 11.8 Å².